The van der Waals surface area contributed by atoms with Crippen molar-refractivity contribution in [2.75, 3.05) is 7.11 Å². The number of amides is 1. The van der Waals surface area contributed by atoms with Crippen molar-refractivity contribution in [1.82, 2.24) is 15.1 Å². The summed E-state index contributed by atoms with van der Waals surface area (Å²) < 4.78 is 13.0. The van der Waals surface area contributed by atoms with Crippen LogP contribution in [0.25, 0.3) is 0 Å². The summed E-state index contributed by atoms with van der Waals surface area (Å²) in [6.45, 7) is 5.67. The lowest BCUT2D eigenvalue weighted by Gasteiger charge is -2.11. The Balaban J connectivity index is 1.62. The van der Waals surface area contributed by atoms with E-state index in [-0.39, 0.29) is 5.91 Å². The van der Waals surface area contributed by atoms with Crippen LogP contribution in [0.2, 0.25) is 0 Å². The molecule has 0 bridgehead atoms. The van der Waals surface area contributed by atoms with E-state index in [0.29, 0.717) is 30.2 Å². The molecule has 1 amide bonds. The number of aryl methyl sites for hydroxylation is 1. The maximum absolute atomic E-state index is 12.5. The molecule has 1 N–H and O–H groups in total. The summed E-state index contributed by atoms with van der Waals surface area (Å²) in [5.41, 5.74) is 3.60. The summed E-state index contributed by atoms with van der Waals surface area (Å²) >= 11 is 0. The highest BCUT2D eigenvalue weighted by atomic mass is 16.5. The fraction of sp³-hybridized carbons (Fsp3) is 0.273. The van der Waals surface area contributed by atoms with Gasteiger partial charge in [-0.05, 0) is 43.7 Å². The van der Waals surface area contributed by atoms with Crippen LogP contribution in [-0.2, 0) is 19.7 Å². The minimum atomic E-state index is -0.122. The van der Waals surface area contributed by atoms with Gasteiger partial charge < -0.3 is 14.8 Å². The summed E-state index contributed by atoms with van der Waals surface area (Å²) in [5.74, 6) is 1.23. The largest absolute Gasteiger partial charge is 0.493 e. The third kappa shape index (κ3) is 4.52. The molecule has 0 atom stereocenters. The molecule has 0 radical (unpaired) electrons. The predicted molar refractivity (Wildman–Crippen MR) is 108 cm³/mol. The van der Waals surface area contributed by atoms with Gasteiger partial charge in [-0.25, -0.2) is 0 Å². The van der Waals surface area contributed by atoms with Gasteiger partial charge in [0, 0.05) is 29.9 Å². The first kappa shape index (κ1) is 19.5. The average Bonchev–Trinajstić information content (AvgIpc) is 3.10. The fourth-order valence-electron chi connectivity index (χ4n) is 2.96. The zero-order valence-corrected chi connectivity index (χ0v) is 16.4. The van der Waals surface area contributed by atoms with Crippen LogP contribution < -0.4 is 14.8 Å². The number of benzene rings is 2. The van der Waals surface area contributed by atoms with E-state index in [9.17, 15) is 4.79 Å². The third-order valence-electron chi connectivity index (χ3n) is 4.60. The molecule has 0 aliphatic rings. The van der Waals surface area contributed by atoms with Crippen molar-refractivity contribution in [3.63, 3.8) is 0 Å². The molecule has 0 fully saturated rings. The topological polar surface area (TPSA) is 65.4 Å². The standard InChI is InChI=1S/C22H25N3O3/c1-4-25-16(2)19(14-24-25)13-23-22(26)18-9-7-8-17(12-18)15-28-21-11-6-5-10-20(21)27-3/h5-12,14H,4,13,15H2,1-3H3,(H,23,26). The molecule has 146 valence electrons. The highest BCUT2D eigenvalue weighted by Crippen LogP contribution is 2.26. The molecular weight excluding hydrogens is 354 g/mol. The molecule has 1 heterocycles. The van der Waals surface area contributed by atoms with E-state index in [1.165, 1.54) is 0 Å². The van der Waals surface area contributed by atoms with Gasteiger partial charge in [0.2, 0.25) is 0 Å². The van der Waals surface area contributed by atoms with Crippen LogP contribution in [0.1, 0.15) is 34.1 Å². The molecule has 0 saturated heterocycles. The molecule has 6 nitrogen and oxygen atoms in total. The molecule has 3 aromatic rings. The number of hydrogen-bond acceptors (Lipinski definition) is 4. The monoisotopic (exact) mass is 379 g/mol. The van der Waals surface area contributed by atoms with Crippen molar-refractivity contribution in [3.8, 4) is 11.5 Å². The molecule has 0 unspecified atom stereocenters. The first-order valence-corrected chi connectivity index (χ1v) is 9.26. The minimum Gasteiger partial charge on any atom is -0.493 e. The Morgan fingerprint density at radius 2 is 1.93 bits per heavy atom. The Morgan fingerprint density at radius 3 is 2.64 bits per heavy atom. The molecule has 1 aromatic heterocycles. The second-order valence-electron chi connectivity index (χ2n) is 6.39. The van der Waals surface area contributed by atoms with Crippen LogP contribution in [-0.4, -0.2) is 22.8 Å². The predicted octanol–water partition coefficient (Wildman–Crippen LogP) is 3.73. The summed E-state index contributed by atoms with van der Waals surface area (Å²) in [6, 6.07) is 14.9. The van der Waals surface area contributed by atoms with Gasteiger partial charge in [-0.1, -0.05) is 24.3 Å². The van der Waals surface area contributed by atoms with E-state index in [1.807, 2.05) is 61.0 Å². The van der Waals surface area contributed by atoms with Crippen molar-refractivity contribution in [2.24, 2.45) is 0 Å². The lowest BCUT2D eigenvalue weighted by Crippen LogP contribution is -2.23. The van der Waals surface area contributed by atoms with Gasteiger partial charge >= 0.3 is 0 Å². The van der Waals surface area contributed by atoms with Crippen LogP contribution in [0, 0.1) is 6.92 Å². The van der Waals surface area contributed by atoms with E-state index in [0.717, 1.165) is 23.4 Å². The molecule has 3 rings (SSSR count). The van der Waals surface area contributed by atoms with Gasteiger partial charge in [-0.3, -0.25) is 9.48 Å². The summed E-state index contributed by atoms with van der Waals surface area (Å²) in [6.07, 6.45) is 1.80. The molecule has 0 spiro atoms. The number of carbonyl (C=O) groups excluding carboxylic acids is 1. The first-order chi connectivity index (χ1) is 13.6. The van der Waals surface area contributed by atoms with E-state index < -0.39 is 0 Å². The Kier molecular flexibility index (Phi) is 6.32. The number of aromatic nitrogens is 2. The quantitative estimate of drug-likeness (QED) is 0.648. The first-order valence-electron chi connectivity index (χ1n) is 9.26. The van der Waals surface area contributed by atoms with E-state index in [1.54, 1.807) is 19.4 Å². The number of carbonyl (C=O) groups is 1. The van der Waals surface area contributed by atoms with Gasteiger partial charge in [0.05, 0.1) is 13.3 Å². The van der Waals surface area contributed by atoms with E-state index >= 15 is 0 Å². The van der Waals surface area contributed by atoms with Crippen molar-refractivity contribution >= 4 is 5.91 Å². The lowest BCUT2D eigenvalue weighted by molar-refractivity contribution is 0.0950. The number of nitrogens with one attached hydrogen (secondary N) is 1. The Bertz CT molecular complexity index is 950. The maximum Gasteiger partial charge on any atom is 0.251 e. The van der Waals surface area contributed by atoms with Crippen molar-refractivity contribution in [2.45, 2.75) is 33.5 Å². The molecular formula is C22H25N3O3. The Hall–Kier alpha value is -3.28. The number of ether oxygens (including phenoxy) is 2. The molecule has 28 heavy (non-hydrogen) atoms. The third-order valence-corrected chi connectivity index (χ3v) is 4.60. The van der Waals surface area contributed by atoms with Gasteiger partial charge in [-0.15, -0.1) is 0 Å². The number of methoxy groups -OCH3 is 1. The van der Waals surface area contributed by atoms with Crippen LogP contribution >= 0.6 is 0 Å². The van der Waals surface area contributed by atoms with Crippen molar-refractivity contribution in [3.05, 3.63) is 77.1 Å². The van der Waals surface area contributed by atoms with Crippen LogP contribution in [0.4, 0.5) is 0 Å². The van der Waals surface area contributed by atoms with Crippen molar-refractivity contribution < 1.29 is 14.3 Å². The van der Waals surface area contributed by atoms with Gasteiger partial charge in [0.15, 0.2) is 11.5 Å². The summed E-state index contributed by atoms with van der Waals surface area (Å²) in [4.78, 5) is 12.5. The molecule has 6 heteroatoms. The second kappa shape index (κ2) is 9.08. The van der Waals surface area contributed by atoms with Gasteiger partial charge in [0.1, 0.15) is 6.61 Å². The second-order valence-corrected chi connectivity index (χ2v) is 6.39. The fourth-order valence-corrected chi connectivity index (χ4v) is 2.96. The number of rotatable bonds is 8. The number of para-hydroxylation sites is 2. The zero-order valence-electron chi connectivity index (χ0n) is 16.4. The Morgan fingerprint density at radius 1 is 1.14 bits per heavy atom. The molecule has 2 aromatic carbocycles. The zero-order chi connectivity index (χ0) is 19.9. The smallest absolute Gasteiger partial charge is 0.251 e. The highest BCUT2D eigenvalue weighted by Gasteiger charge is 2.10. The summed E-state index contributed by atoms with van der Waals surface area (Å²) in [7, 11) is 1.61. The maximum atomic E-state index is 12.5. The van der Waals surface area contributed by atoms with Gasteiger partial charge in [0.25, 0.3) is 5.91 Å². The molecule has 0 saturated carbocycles. The van der Waals surface area contributed by atoms with Gasteiger partial charge in [-0.2, -0.15) is 5.10 Å². The average molecular weight is 379 g/mol. The molecule has 0 aliphatic carbocycles. The summed E-state index contributed by atoms with van der Waals surface area (Å²) in [5, 5.41) is 7.26. The van der Waals surface area contributed by atoms with Crippen molar-refractivity contribution in [1.29, 1.82) is 0 Å². The Labute approximate surface area is 165 Å². The van der Waals surface area contributed by atoms with Crippen LogP contribution in [0.5, 0.6) is 11.5 Å². The van der Waals surface area contributed by atoms with E-state index in [2.05, 4.69) is 10.4 Å². The lowest BCUT2D eigenvalue weighted by atomic mass is 10.1. The molecule has 0 aliphatic heterocycles. The highest BCUT2D eigenvalue weighted by molar-refractivity contribution is 5.94. The van der Waals surface area contributed by atoms with E-state index in [4.69, 9.17) is 9.47 Å². The van der Waals surface area contributed by atoms with Crippen LogP contribution in [0.3, 0.4) is 0 Å². The normalized spacial score (nSPS) is 10.5. The number of hydrogen-bond donors (Lipinski definition) is 1. The minimum absolute atomic E-state index is 0.122. The SMILES string of the molecule is CCn1ncc(CNC(=O)c2cccc(COc3ccccc3OC)c2)c1C. The number of nitrogens with zero attached hydrogens (tertiary/aromatic N) is 2. The van der Waals surface area contributed by atoms with Crippen LogP contribution in [0.15, 0.2) is 54.7 Å².